The van der Waals surface area contributed by atoms with Gasteiger partial charge in [-0.2, -0.15) is 0 Å². The highest BCUT2D eigenvalue weighted by molar-refractivity contribution is 9.10. The molecule has 0 aromatic heterocycles. The maximum Gasteiger partial charge on any atom is 0.239 e. The summed E-state index contributed by atoms with van der Waals surface area (Å²) < 4.78 is 11.8. The van der Waals surface area contributed by atoms with Crippen LogP contribution < -0.4 is 20.1 Å². The highest BCUT2D eigenvalue weighted by Crippen LogP contribution is 2.35. The number of carbonyl (C=O) groups is 2. The van der Waals surface area contributed by atoms with Crippen molar-refractivity contribution < 1.29 is 19.1 Å². The van der Waals surface area contributed by atoms with Gasteiger partial charge in [-0.05, 0) is 38.5 Å². The Labute approximate surface area is 144 Å². The summed E-state index contributed by atoms with van der Waals surface area (Å²) >= 11 is 3.43. The van der Waals surface area contributed by atoms with E-state index in [4.69, 9.17) is 9.47 Å². The first-order valence-corrected chi connectivity index (χ1v) is 8.19. The molecule has 1 aromatic carbocycles. The molecule has 2 N–H and O–H groups in total. The van der Waals surface area contributed by atoms with Gasteiger partial charge < -0.3 is 20.1 Å². The predicted octanol–water partition coefficient (Wildman–Crippen LogP) is 1.79. The Bertz CT molecular complexity index is 611. The molecule has 7 heteroatoms. The molecular formula is C16H21BrN2O4. The number of halogens is 1. The summed E-state index contributed by atoms with van der Waals surface area (Å²) in [7, 11) is 0. The molecule has 0 saturated heterocycles. The number of amides is 2. The number of hydrogen-bond acceptors (Lipinski definition) is 4. The van der Waals surface area contributed by atoms with Crippen LogP contribution in [-0.4, -0.2) is 37.1 Å². The van der Waals surface area contributed by atoms with Gasteiger partial charge in [0.2, 0.25) is 11.8 Å². The third kappa shape index (κ3) is 5.42. The lowest BCUT2D eigenvalue weighted by Gasteiger charge is -2.21. The van der Waals surface area contributed by atoms with Crippen LogP contribution >= 0.6 is 15.9 Å². The zero-order valence-electron chi connectivity index (χ0n) is 13.5. The van der Waals surface area contributed by atoms with Gasteiger partial charge in [0.05, 0.1) is 13.0 Å². The summed E-state index contributed by atoms with van der Waals surface area (Å²) in [5.41, 5.74) is 0.462. The normalized spacial score (nSPS) is 13.4. The van der Waals surface area contributed by atoms with E-state index in [0.29, 0.717) is 24.7 Å². The first-order chi connectivity index (χ1) is 10.7. The Hall–Kier alpha value is -1.76. The summed E-state index contributed by atoms with van der Waals surface area (Å²) in [6.07, 6.45) is 0.153. The average Bonchev–Trinajstić information content (AvgIpc) is 2.44. The van der Waals surface area contributed by atoms with Crippen LogP contribution in [0.2, 0.25) is 0 Å². The third-order valence-electron chi connectivity index (χ3n) is 3.02. The molecule has 1 aliphatic rings. The minimum Gasteiger partial charge on any atom is -0.486 e. The van der Waals surface area contributed by atoms with E-state index in [2.05, 4.69) is 26.6 Å². The standard InChI is InChI=1S/C16H21BrN2O4/c1-16(2,3)19-15(21)9-18-14(20)7-10-6-12-13(8-11(10)17)23-5-4-22-12/h6,8H,4-5,7,9H2,1-3H3,(H,18,20)(H,19,21). The number of carbonyl (C=O) groups excluding carboxylic acids is 2. The van der Waals surface area contributed by atoms with E-state index in [0.717, 1.165) is 10.0 Å². The molecule has 0 aliphatic carbocycles. The fraction of sp³-hybridized carbons (Fsp3) is 0.500. The van der Waals surface area contributed by atoms with Gasteiger partial charge in [0, 0.05) is 10.0 Å². The Kier molecular flexibility index (Phi) is 5.51. The Morgan fingerprint density at radius 2 is 1.74 bits per heavy atom. The molecule has 1 aliphatic heterocycles. The number of fused-ring (bicyclic) bond motifs is 1. The highest BCUT2D eigenvalue weighted by Gasteiger charge is 2.18. The van der Waals surface area contributed by atoms with Gasteiger partial charge in [0.15, 0.2) is 11.5 Å². The van der Waals surface area contributed by atoms with Crippen molar-refractivity contribution in [1.29, 1.82) is 0 Å². The highest BCUT2D eigenvalue weighted by atomic mass is 79.9. The largest absolute Gasteiger partial charge is 0.486 e. The molecule has 0 unspecified atom stereocenters. The minimum atomic E-state index is -0.319. The van der Waals surface area contributed by atoms with Crippen molar-refractivity contribution in [1.82, 2.24) is 10.6 Å². The first kappa shape index (κ1) is 17.6. The summed E-state index contributed by atoms with van der Waals surface area (Å²) in [5, 5.41) is 5.41. The molecule has 0 fully saturated rings. The van der Waals surface area contributed by atoms with E-state index in [1.165, 1.54) is 0 Å². The van der Waals surface area contributed by atoms with Crippen LogP contribution in [0.5, 0.6) is 11.5 Å². The van der Waals surface area contributed by atoms with E-state index in [9.17, 15) is 9.59 Å². The molecule has 126 valence electrons. The monoisotopic (exact) mass is 384 g/mol. The third-order valence-corrected chi connectivity index (χ3v) is 3.76. The van der Waals surface area contributed by atoms with Gasteiger partial charge in [-0.25, -0.2) is 0 Å². The number of hydrogen-bond donors (Lipinski definition) is 2. The first-order valence-electron chi connectivity index (χ1n) is 7.40. The van der Waals surface area contributed by atoms with Crippen molar-refractivity contribution >= 4 is 27.7 Å². The van der Waals surface area contributed by atoms with Gasteiger partial charge in [-0.3, -0.25) is 9.59 Å². The fourth-order valence-electron chi connectivity index (χ4n) is 2.12. The van der Waals surface area contributed by atoms with Crippen molar-refractivity contribution in [2.75, 3.05) is 19.8 Å². The molecule has 2 rings (SSSR count). The maximum atomic E-state index is 12.0. The van der Waals surface area contributed by atoms with Crippen molar-refractivity contribution in [2.45, 2.75) is 32.7 Å². The van der Waals surface area contributed by atoms with E-state index in [1.807, 2.05) is 20.8 Å². The quantitative estimate of drug-likeness (QED) is 0.829. The molecule has 0 bridgehead atoms. The summed E-state index contributed by atoms with van der Waals surface area (Å²) in [5.74, 6) is 0.850. The second-order valence-corrected chi connectivity index (χ2v) is 7.19. The fourth-order valence-corrected chi connectivity index (χ4v) is 2.58. The average molecular weight is 385 g/mol. The second-order valence-electron chi connectivity index (χ2n) is 6.34. The van der Waals surface area contributed by atoms with Crippen molar-refractivity contribution in [3.63, 3.8) is 0 Å². The molecule has 23 heavy (non-hydrogen) atoms. The zero-order valence-corrected chi connectivity index (χ0v) is 15.1. The van der Waals surface area contributed by atoms with E-state index < -0.39 is 0 Å². The topological polar surface area (TPSA) is 76.7 Å². The molecule has 0 saturated carbocycles. The number of nitrogens with one attached hydrogen (secondary N) is 2. The number of rotatable bonds is 4. The van der Waals surface area contributed by atoms with E-state index in [-0.39, 0.29) is 30.3 Å². The predicted molar refractivity (Wildman–Crippen MR) is 89.7 cm³/mol. The van der Waals surface area contributed by atoms with Crippen LogP contribution in [0.1, 0.15) is 26.3 Å². The van der Waals surface area contributed by atoms with Crippen molar-refractivity contribution in [3.8, 4) is 11.5 Å². The van der Waals surface area contributed by atoms with Crippen LogP contribution in [0.4, 0.5) is 0 Å². The SMILES string of the molecule is CC(C)(C)NC(=O)CNC(=O)Cc1cc2c(cc1Br)OCCO2. The minimum absolute atomic E-state index is 0.0434. The lowest BCUT2D eigenvalue weighted by Crippen LogP contribution is -2.46. The van der Waals surface area contributed by atoms with Gasteiger partial charge in [-0.1, -0.05) is 15.9 Å². The molecule has 1 heterocycles. The maximum absolute atomic E-state index is 12.0. The van der Waals surface area contributed by atoms with E-state index >= 15 is 0 Å². The van der Waals surface area contributed by atoms with Gasteiger partial charge >= 0.3 is 0 Å². The van der Waals surface area contributed by atoms with Crippen LogP contribution in [0, 0.1) is 0 Å². The lowest BCUT2D eigenvalue weighted by atomic mass is 10.1. The van der Waals surface area contributed by atoms with Crippen LogP contribution in [0.25, 0.3) is 0 Å². The molecule has 0 radical (unpaired) electrons. The lowest BCUT2D eigenvalue weighted by molar-refractivity contribution is -0.126. The molecule has 2 amide bonds. The van der Waals surface area contributed by atoms with Gasteiger partial charge in [-0.15, -0.1) is 0 Å². The molecule has 0 spiro atoms. The van der Waals surface area contributed by atoms with Gasteiger partial charge in [0.1, 0.15) is 13.2 Å². The van der Waals surface area contributed by atoms with Gasteiger partial charge in [0.25, 0.3) is 0 Å². The summed E-state index contributed by atoms with van der Waals surface area (Å²) in [6, 6.07) is 3.58. The Morgan fingerprint density at radius 3 is 2.35 bits per heavy atom. The van der Waals surface area contributed by atoms with Crippen molar-refractivity contribution in [3.05, 3.63) is 22.2 Å². The smallest absolute Gasteiger partial charge is 0.239 e. The van der Waals surface area contributed by atoms with Crippen LogP contribution in [0.3, 0.4) is 0 Å². The second kappa shape index (κ2) is 7.21. The molecular weight excluding hydrogens is 364 g/mol. The summed E-state index contributed by atoms with van der Waals surface area (Å²) in [6.45, 7) is 6.63. The Morgan fingerprint density at radius 1 is 1.13 bits per heavy atom. The molecule has 6 nitrogen and oxygen atoms in total. The van der Waals surface area contributed by atoms with Crippen molar-refractivity contribution in [2.24, 2.45) is 0 Å². The summed E-state index contributed by atoms with van der Waals surface area (Å²) in [4.78, 5) is 23.7. The van der Waals surface area contributed by atoms with Crippen LogP contribution in [0.15, 0.2) is 16.6 Å². The molecule has 1 aromatic rings. The number of benzene rings is 1. The zero-order chi connectivity index (χ0) is 17.0. The molecule has 0 atom stereocenters. The van der Waals surface area contributed by atoms with Crippen LogP contribution in [-0.2, 0) is 16.0 Å². The van der Waals surface area contributed by atoms with E-state index in [1.54, 1.807) is 12.1 Å². The number of ether oxygens (including phenoxy) is 2. The Balaban J connectivity index is 1.91.